The summed E-state index contributed by atoms with van der Waals surface area (Å²) in [5, 5.41) is 14.5. The number of carbonyl (C=O) groups excluding carboxylic acids is 2. The second-order valence-electron chi connectivity index (χ2n) is 7.32. The van der Waals surface area contributed by atoms with Gasteiger partial charge in [0.2, 0.25) is 0 Å². The highest BCUT2D eigenvalue weighted by molar-refractivity contribution is 6.36. The molecular weight excluding hydrogens is 422 g/mol. The first-order chi connectivity index (χ1) is 14.7. The van der Waals surface area contributed by atoms with Gasteiger partial charge in [-0.15, -0.1) is 0 Å². The fraction of sp³-hybridized carbons (Fsp3) is 0.273. The van der Waals surface area contributed by atoms with Gasteiger partial charge in [-0.2, -0.15) is 0 Å². The standard InChI is InChI=1S/C22H22ClN3O5/c1-13(2)31-11-10-25-21(27)19(15-5-8-17(9-6-15)26(29)30)20(22(25)28)24-16-7-4-14(3)18(23)12-16/h4-9,12-13,24H,10-11H2,1-3H3. The highest BCUT2D eigenvalue weighted by Crippen LogP contribution is 2.32. The molecule has 31 heavy (non-hydrogen) atoms. The number of carbonyl (C=O) groups is 2. The smallest absolute Gasteiger partial charge is 0.278 e. The van der Waals surface area contributed by atoms with E-state index in [0.29, 0.717) is 16.3 Å². The minimum Gasteiger partial charge on any atom is -0.377 e. The minimum absolute atomic E-state index is 0.0396. The van der Waals surface area contributed by atoms with Crippen LogP contribution in [0.5, 0.6) is 0 Å². The molecule has 0 unspecified atom stereocenters. The highest BCUT2D eigenvalue weighted by atomic mass is 35.5. The van der Waals surface area contributed by atoms with E-state index >= 15 is 0 Å². The van der Waals surface area contributed by atoms with Gasteiger partial charge in [-0.1, -0.05) is 17.7 Å². The lowest BCUT2D eigenvalue weighted by Gasteiger charge is -2.16. The van der Waals surface area contributed by atoms with E-state index in [2.05, 4.69) is 5.32 Å². The molecule has 1 heterocycles. The largest absolute Gasteiger partial charge is 0.377 e. The first kappa shape index (κ1) is 22.5. The molecule has 0 saturated carbocycles. The van der Waals surface area contributed by atoms with Crippen molar-refractivity contribution in [2.75, 3.05) is 18.5 Å². The maximum absolute atomic E-state index is 13.1. The predicted octanol–water partition coefficient (Wildman–Crippen LogP) is 4.17. The Morgan fingerprint density at radius 1 is 1.13 bits per heavy atom. The molecule has 1 aliphatic rings. The monoisotopic (exact) mass is 443 g/mol. The molecule has 2 aromatic rings. The Balaban J connectivity index is 1.99. The molecule has 162 valence electrons. The third-order valence-electron chi connectivity index (χ3n) is 4.74. The summed E-state index contributed by atoms with van der Waals surface area (Å²) in [5.41, 5.74) is 1.94. The summed E-state index contributed by atoms with van der Waals surface area (Å²) in [5.74, 6) is -0.991. The van der Waals surface area contributed by atoms with Crippen LogP contribution in [-0.2, 0) is 14.3 Å². The lowest BCUT2D eigenvalue weighted by Crippen LogP contribution is -2.35. The van der Waals surface area contributed by atoms with Crippen LogP contribution in [0.2, 0.25) is 5.02 Å². The van der Waals surface area contributed by atoms with E-state index in [9.17, 15) is 19.7 Å². The van der Waals surface area contributed by atoms with Gasteiger partial charge in [0, 0.05) is 22.8 Å². The summed E-state index contributed by atoms with van der Waals surface area (Å²) < 4.78 is 5.49. The van der Waals surface area contributed by atoms with Crippen LogP contribution < -0.4 is 5.32 Å². The fourth-order valence-corrected chi connectivity index (χ4v) is 3.29. The van der Waals surface area contributed by atoms with Gasteiger partial charge in [0.1, 0.15) is 5.70 Å². The average Bonchev–Trinajstić information content (AvgIpc) is 2.94. The Morgan fingerprint density at radius 2 is 1.81 bits per heavy atom. The molecule has 0 atom stereocenters. The van der Waals surface area contributed by atoms with Crippen molar-refractivity contribution in [2.45, 2.75) is 26.9 Å². The fourth-order valence-electron chi connectivity index (χ4n) is 3.11. The number of nitrogens with one attached hydrogen (secondary N) is 1. The molecule has 9 heteroatoms. The van der Waals surface area contributed by atoms with Crippen molar-refractivity contribution < 1.29 is 19.2 Å². The number of imide groups is 1. The van der Waals surface area contributed by atoms with E-state index in [-0.39, 0.29) is 36.2 Å². The molecule has 8 nitrogen and oxygen atoms in total. The number of nitro groups is 1. The molecule has 1 N–H and O–H groups in total. The summed E-state index contributed by atoms with van der Waals surface area (Å²) >= 11 is 6.19. The van der Waals surface area contributed by atoms with Crippen molar-refractivity contribution in [2.24, 2.45) is 0 Å². The van der Waals surface area contributed by atoms with E-state index in [4.69, 9.17) is 16.3 Å². The SMILES string of the molecule is Cc1ccc(NC2=C(c3ccc([N+](=O)[O-])cc3)C(=O)N(CCOC(C)C)C2=O)cc1Cl. The molecule has 0 aromatic heterocycles. The zero-order valence-electron chi connectivity index (χ0n) is 17.3. The summed E-state index contributed by atoms with van der Waals surface area (Å²) in [4.78, 5) is 37.8. The summed E-state index contributed by atoms with van der Waals surface area (Å²) in [7, 11) is 0. The van der Waals surface area contributed by atoms with E-state index in [1.165, 1.54) is 24.3 Å². The van der Waals surface area contributed by atoms with Gasteiger partial charge in [0.25, 0.3) is 17.5 Å². The van der Waals surface area contributed by atoms with Gasteiger partial charge >= 0.3 is 0 Å². The van der Waals surface area contributed by atoms with Gasteiger partial charge in [0.05, 0.1) is 29.8 Å². The maximum atomic E-state index is 13.1. The molecule has 2 amide bonds. The van der Waals surface area contributed by atoms with Gasteiger partial charge < -0.3 is 10.1 Å². The Kier molecular flexibility index (Phi) is 6.72. The van der Waals surface area contributed by atoms with Crippen LogP contribution in [0.1, 0.15) is 25.0 Å². The second-order valence-corrected chi connectivity index (χ2v) is 7.73. The molecule has 0 fully saturated rings. The Hall–Kier alpha value is -3.23. The Labute approximate surface area is 184 Å². The number of halogens is 1. The molecule has 2 aromatic carbocycles. The number of rotatable bonds is 8. The van der Waals surface area contributed by atoms with Crippen LogP contribution >= 0.6 is 11.6 Å². The van der Waals surface area contributed by atoms with Gasteiger partial charge in [-0.05, 0) is 56.2 Å². The van der Waals surface area contributed by atoms with E-state index in [0.717, 1.165) is 10.5 Å². The lowest BCUT2D eigenvalue weighted by atomic mass is 10.0. The first-order valence-electron chi connectivity index (χ1n) is 9.69. The van der Waals surface area contributed by atoms with Crippen LogP contribution in [0, 0.1) is 17.0 Å². The molecule has 1 aliphatic heterocycles. The van der Waals surface area contributed by atoms with Crippen LogP contribution in [0.4, 0.5) is 11.4 Å². The van der Waals surface area contributed by atoms with E-state index < -0.39 is 16.7 Å². The molecule has 0 aliphatic carbocycles. The van der Waals surface area contributed by atoms with Crippen LogP contribution in [0.3, 0.4) is 0 Å². The predicted molar refractivity (Wildman–Crippen MR) is 118 cm³/mol. The zero-order chi connectivity index (χ0) is 22.7. The van der Waals surface area contributed by atoms with Crippen LogP contribution in [0.15, 0.2) is 48.2 Å². The number of hydrogen-bond donors (Lipinski definition) is 1. The first-order valence-corrected chi connectivity index (χ1v) is 10.1. The van der Waals surface area contributed by atoms with E-state index in [1.54, 1.807) is 18.2 Å². The maximum Gasteiger partial charge on any atom is 0.278 e. The van der Waals surface area contributed by atoms with Crippen molar-refractivity contribution >= 4 is 40.4 Å². The molecule has 0 radical (unpaired) electrons. The number of nitro benzene ring substituents is 1. The van der Waals surface area contributed by atoms with Crippen molar-refractivity contribution in [1.29, 1.82) is 0 Å². The number of ether oxygens (including phenoxy) is 1. The summed E-state index contributed by atoms with van der Waals surface area (Å²) in [6.07, 6.45) is -0.0396. The van der Waals surface area contributed by atoms with Crippen LogP contribution in [-0.4, -0.2) is 40.9 Å². The van der Waals surface area contributed by atoms with Gasteiger partial charge in [-0.3, -0.25) is 24.6 Å². The van der Waals surface area contributed by atoms with Gasteiger partial charge in [0.15, 0.2) is 0 Å². The summed E-state index contributed by atoms with van der Waals surface area (Å²) in [6, 6.07) is 10.7. The molecular formula is C22H22ClN3O5. The minimum atomic E-state index is -0.525. The van der Waals surface area contributed by atoms with E-state index in [1.807, 2.05) is 20.8 Å². The topological polar surface area (TPSA) is 102 Å². The Morgan fingerprint density at radius 3 is 2.39 bits per heavy atom. The molecule has 0 spiro atoms. The number of aryl methyl sites for hydroxylation is 1. The second kappa shape index (κ2) is 9.28. The van der Waals surface area contributed by atoms with Crippen molar-refractivity contribution in [3.63, 3.8) is 0 Å². The number of hydrogen-bond acceptors (Lipinski definition) is 6. The summed E-state index contributed by atoms with van der Waals surface area (Å²) in [6.45, 7) is 5.87. The number of amides is 2. The Bertz CT molecular complexity index is 1060. The quantitative estimate of drug-likeness (QED) is 0.373. The third kappa shape index (κ3) is 4.92. The zero-order valence-corrected chi connectivity index (χ0v) is 18.1. The van der Waals surface area contributed by atoms with Crippen molar-refractivity contribution in [1.82, 2.24) is 4.90 Å². The average molecular weight is 444 g/mol. The van der Waals surface area contributed by atoms with Crippen molar-refractivity contribution in [3.8, 4) is 0 Å². The number of benzene rings is 2. The number of non-ortho nitro benzene ring substituents is 1. The molecule has 0 saturated heterocycles. The normalized spacial score (nSPS) is 14.0. The van der Waals surface area contributed by atoms with Crippen molar-refractivity contribution in [3.05, 3.63) is 74.4 Å². The molecule has 0 bridgehead atoms. The number of anilines is 1. The third-order valence-corrected chi connectivity index (χ3v) is 5.15. The molecule has 3 rings (SSSR count). The van der Waals surface area contributed by atoms with Gasteiger partial charge in [-0.25, -0.2) is 0 Å². The highest BCUT2D eigenvalue weighted by Gasteiger charge is 2.39. The number of nitrogens with zero attached hydrogens (tertiary/aromatic N) is 2. The lowest BCUT2D eigenvalue weighted by molar-refractivity contribution is -0.384. The van der Waals surface area contributed by atoms with Crippen LogP contribution in [0.25, 0.3) is 5.57 Å².